The third kappa shape index (κ3) is 50.6. The number of unbranched alkanes of at least 4 members (excludes halogenated alkanes) is 55. The molecule has 9 N–H and O–H groups in total. The monoisotopic (exact) mass is 1390 g/mol. The summed E-state index contributed by atoms with van der Waals surface area (Å²) in [5.41, 5.74) is 0. The molecule has 12 atom stereocenters. The molecule has 578 valence electrons. The van der Waals surface area contributed by atoms with Crippen LogP contribution in [-0.2, 0) is 23.7 Å². The molecule has 0 aliphatic carbocycles. The molecule has 0 aromatic rings. The summed E-state index contributed by atoms with van der Waals surface area (Å²) in [6, 6.07) is -0.938. The first-order chi connectivity index (χ1) is 48.1. The molecule has 0 aromatic carbocycles. The van der Waals surface area contributed by atoms with Crippen molar-refractivity contribution < 1.29 is 64.6 Å². The molecule has 2 aliphatic rings. The standard InChI is InChI=1S/C84H159NO13/c1-3-5-7-9-11-13-15-17-19-21-23-25-27-29-31-33-35-36-38-39-41-43-45-47-49-51-53-55-57-59-61-63-65-67-73(88)72(71-95-83-81(94)79(92)82(75(70-87)97-83)98-84-80(93)78(91)77(90)74(69-86)96-84)85-76(89)68-66-64-62-60-58-56-54-52-50-48-46-44-42-40-37-34-32-30-28-26-24-22-20-18-16-14-12-10-8-6-4-2/h49,51,57,59,65,67,72-75,77-84,86-88,90-94H,3-48,50,52-56,58,60-64,66,68-71H2,1-2H3,(H,85,89)/b51-49+,59-57+,67-65+. The quantitative estimate of drug-likeness (QED) is 0.0204. The van der Waals surface area contributed by atoms with Crippen LogP contribution in [0.15, 0.2) is 36.5 Å². The van der Waals surface area contributed by atoms with Gasteiger partial charge in [0.15, 0.2) is 12.6 Å². The highest BCUT2D eigenvalue weighted by molar-refractivity contribution is 5.76. The van der Waals surface area contributed by atoms with E-state index in [9.17, 15) is 45.6 Å². The molecule has 1 amide bonds. The number of nitrogens with one attached hydrogen (secondary N) is 1. The average molecular weight is 1390 g/mol. The van der Waals surface area contributed by atoms with Crippen LogP contribution in [0.3, 0.4) is 0 Å². The predicted octanol–water partition coefficient (Wildman–Crippen LogP) is 19.6. The second kappa shape index (κ2) is 68.3. The van der Waals surface area contributed by atoms with Gasteiger partial charge in [-0.1, -0.05) is 384 Å². The highest BCUT2D eigenvalue weighted by Crippen LogP contribution is 2.30. The zero-order valence-corrected chi connectivity index (χ0v) is 63.6. The van der Waals surface area contributed by atoms with Crippen molar-refractivity contribution in [3.05, 3.63) is 36.5 Å². The molecule has 0 bridgehead atoms. The average Bonchev–Trinajstić information content (AvgIpc) is 0.793. The Hall–Kier alpha value is -1.79. The molecule has 0 radical (unpaired) electrons. The maximum Gasteiger partial charge on any atom is 0.220 e. The maximum atomic E-state index is 13.4. The lowest BCUT2D eigenvalue weighted by Crippen LogP contribution is -2.65. The normalized spacial score (nSPS) is 22.1. The van der Waals surface area contributed by atoms with Crippen molar-refractivity contribution in [2.45, 2.75) is 473 Å². The van der Waals surface area contributed by atoms with Crippen LogP contribution in [0.25, 0.3) is 0 Å². The smallest absolute Gasteiger partial charge is 0.220 e. The van der Waals surface area contributed by atoms with Crippen LogP contribution in [0, 0.1) is 0 Å². The molecular weight excluding hydrogens is 1230 g/mol. The minimum atomic E-state index is -1.79. The first-order valence-electron chi connectivity index (χ1n) is 42.2. The van der Waals surface area contributed by atoms with Crippen LogP contribution in [-0.4, -0.2) is 140 Å². The van der Waals surface area contributed by atoms with Crippen molar-refractivity contribution in [3.8, 4) is 0 Å². The molecule has 0 aromatic heterocycles. The predicted molar refractivity (Wildman–Crippen MR) is 406 cm³/mol. The molecule has 0 spiro atoms. The minimum absolute atomic E-state index is 0.244. The van der Waals surface area contributed by atoms with Gasteiger partial charge in [-0.3, -0.25) is 4.79 Å². The Morgan fingerprint density at radius 3 is 1.00 bits per heavy atom. The van der Waals surface area contributed by atoms with Gasteiger partial charge in [0.25, 0.3) is 0 Å². The Morgan fingerprint density at radius 1 is 0.357 bits per heavy atom. The van der Waals surface area contributed by atoms with E-state index in [2.05, 4.69) is 43.5 Å². The fourth-order valence-electron chi connectivity index (χ4n) is 14.2. The first kappa shape index (κ1) is 92.3. The number of rotatable bonds is 72. The van der Waals surface area contributed by atoms with Crippen LogP contribution < -0.4 is 5.32 Å². The van der Waals surface area contributed by atoms with Crippen molar-refractivity contribution in [1.29, 1.82) is 0 Å². The molecule has 12 unspecified atom stereocenters. The number of allylic oxidation sites excluding steroid dienone is 5. The Kier molecular flexibility index (Phi) is 64.3. The van der Waals surface area contributed by atoms with Crippen molar-refractivity contribution >= 4 is 5.91 Å². The summed E-state index contributed by atoms with van der Waals surface area (Å²) >= 11 is 0. The van der Waals surface area contributed by atoms with Crippen molar-refractivity contribution in [2.24, 2.45) is 0 Å². The zero-order chi connectivity index (χ0) is 70.8. The fourth-order valence-corrected chi connectivity index (χ4v) is 14.2. The maximum absolute atomic E-state index is 13.4. The summed E-state index contributed by atoms with van der Waals surface area (Å²) in [5, 5.41) is 87.7. The van der Waals surface area contributed by atoms with Gasteiger partial charge in [-0.25, -0.2) is 0 Å². The Labute approximate surface area is 601 Å². The number of carbonyl (C=O) groups excluding carboxylic acids is 1. The number of hydrogen-bond acceptors (Lipinski definition) is 13. The SMILES string of the molecule is CCCCCCCCCCCCCCCCCCCCCCCCC/C=C/CC/C=C/CC/C=C/C(O)C(COC1OC(CO)C(OC2OC(CO)C(O)C(O)C2O)C(O)C1O)NC(=O)CCCCCCCCCCCCCCCCCCCCCCCCCCCCCCCCC. The third-order valence-electron chi connectivity index (χ3n) is 20.8. The van der Waals surface area contributed by atoms with Gasteiger partial charge in [0.05, 0.1) is 32.0 Å². The summed E-state index contributed by atoms with van der Waals surface area (Å²) in [4.78, 5) is 13.4. The van der Waals surface area contributed by atoms with E-state index in [4.69, 9.17) is 18.9 Å². The van der Waals surface area contributed by atoms with Crippen molar-refractivity contribution in [1.82, 2.24) is 5.32 Å². The molecule has 2 rings (SSSR count). The highest BCUT2D eigenvalue weighted by atomic mass is 16.7. The van der Waals surface area contributed by atoms with Crippen LogP contribution >= 0.6 is 0 Å². The van der Waals surface area contributed by atoms with E-state index >= 15 is 0 Å². The summed E-state index contributed by atoms with van der Waals surface area (Å²) in [7, 11) is 0. The molecular formula is C84H159NO13. The number of ether oxygens (including phenoxy) is 4. The van der Waals surface area contributed by atoms with Gasteiger partial charge < -0.3 is 65.1 Å². The molecule has 2 heterocycles. The molecule has 98 heavy (non-hydrogen) atoms. The lowest BCUT2D eigenvalue weighted by Gasteiger charge is -2.46. The topological polar surface area (TPSA) is 228 Å². The summed E-state index contributed by atoms with van der Waals surface area (Å²) in [6.45, 7) is 2.85. The van der Waals surface area contributed by atoms with E-state index in [1.54, 1.807) is 6.08 Å². The second-order valence-corrected chi connectivity index (χ2v) is 30.0. The largest absolute Gasteiger partial charge is 0.394 e. The van der Waals surface area contributed by atoms with Gasteiger partial charge in [-0.2, -0.15) is 0 Å². The third-order valence-corrected chi connectivity index (χ3v) is 20.8. The molecule has 14 heteroatoms. The second-order valence-electron chi connectivity index (χ2n) is 30.0. The minimum Gasteiger partial charge on any atom is -0.394 e. The first-order valence-corrected chi connectivity index (χ1v) is 42.2. The summed E-state index contributed by atoms with van der Waals surface area (Å²) in [5.74, 6) is -0.244. The van der Waals surface area contributed by atoms with E-state index in [1.165, 1.54) is 321 Å². The Balaban J connectivity index is 1.62. The van der Waals surface area contributed by atoms with Gasteiger partial charge in [-0.05, 0) is 44.9 Å². The molecule has 14 nitrogen and oxygen atoms in total. The van der Waals surface area contributed by atoms with E-state index < -0.39 is 86.8 Å². The highest BCUT2D eigenvalue weighted by Gasteiger charge is 2.51. The summed E-state index contributed by atoms with van der Waals surface area (Å²) < 4.78 is 22.9. The fraction of sp³-hybridized carbons (Fsp3) is 0.917. The van der Waals surface area contributed by atoms with Gasteiger partial charge in [0.2, 0.25) is 5.91 Å². The number of amides is 1. The molecule has 2 aliphatic heterocycles. The summed E-state index contributed by atoms with van der Waals surface area (Å²) in [6.07, 6.45) is 74.0. The van der Waals surface area contributed by atoms with Crippen LogP contribution in [0.5, 0.6) is 0 Å². The Morgan fingerprint density at radius 2 is 0.653 bits per heavy atom. The zero-order valence-electron chi connectivity index (χ0n) is 63.6. The van der Waals surface area contributed by atoms with Crippen molar-refractivity contribution in [3.63, 3.8) is 0 Å². The van der Waals surface area contributed by atoms with Gasteiger partial charge >= 0.3 is 0 Å². The van der Waals surface area contributed by atoms with E-state index in [-0.39, 0.29) is 18.9 Å². The van der Waals surface area contributed by atoms with E-state index in [1.807, 2.05) is 6.08 Å². The number of aliphatic hydroxyl groups is 8. The van der Waals surface area contributed by atoms with Gasteiger partial charge in [-0.15, -0.1) is 0 Å². The lowest BCUT2D eigenvalue weighted by atomic mass is 9.97. The van der Waals surface area contributed by atoms with Crippen LogP contribution in [0.1, 0.15) is 399 Å². The molecule has 2 fully saturated rings. The molecule has 2 saturated heterocycles. The molecule has 0 saturated carbocycles. The van der Waals surface area contributed by atoms with Crippen LogP contribution in [0.2, 0.25) is 0 Å². The van der Waals surface area contributed by atoms with Crippen LogP contribution in [0.4, 0.5) is 0 Å². The number of hydrogen-bond donors (Lipinski definition) is 9. The van der Waals surface area contributed by atoms with Crippen molar-refractivity contribution in [2.75, 3.05) is 19.8 Å². The van der Waals surface area contributed by atoms with Gasteiger partial charge in [0, 0.05) is 6.42 Å². The number of aliphatic hydroxyl groups excluding tert-OH is 8. The lowest BCUT2D eigenvalue weighted by molar-refractivity contribution is -0.359. The van der Waals surface area contributed by atoms with Gasteiger partial charge in [0.1, 0.15) is 48.8 Å². The Bertz CT molecular complexity index is 1780. The number of carbonyl (C=O) groups is 1. The van der Waals surface area contributed by atoms with E-state index in [0.29, 0.717) is 12.8 Å². The van der Waals surface area contributed by atoms with E-state index in [0.717, 1.165) is 44.9 Å².